The lowest BCUT2D eigenvalue weighted by Crippen LogP contribution is -2.46. The molecule has 0 aromatic heterocycles. The van der Waals surface area contributed by atoms with Gasteiger partial charge in [-0.15, -0.1) is 13.2 Å². The molecule has 0 saturated heterocycles. The minimum absolute atomic E-state index is 0.0252. The summed E-state index contributed by atoms with van der Waals surface area (Å²) in [5.74, 6) is -5.68. The Morgan fingerprint density at radius 1 is 1.14 bits per heavy atom. The summed E-state index contributed by atoms with van der Waals surface area (Å²) in [4.78, 5) is 24.9. The smallest absolute Gasteiger partial charge is 0.478 e. The average molecular weight is 523 g/mol. The van der Waals surface area contributed by atoms with Crippen molar-refractivity contribution in [2.24, 2.45) is 0 Å². The summed E-state index contributed by atoms with van der Waals surface area (Å²) in [6, 6.07) is 6.71. The quantitative estimate of drug-likeness (QED) is 0.244. The first-order valence-electron chi connectivity index (χ1n) is 11.3. The van der Waals surface area contributed by atoms with Crippen LogP contribution in [0, 0.1) is 6.92 Å². The van der Waals surface area contributed by atoms with Crippen LogP contribution in [0.15, 0.2) is 48.6 Å². The molecule has 1 N–H and O–H groups in total. The van der Waals surface area contributed by atoms with E-state index in [-0.39, 0.29) is 28.8 Å². The number of halogens is 5. The van der Waals surface area contributed by atoms with Gasteiger partial charge in [0.05, 0.1) is 6.54 Å². The van der Waals surface area contributed by atoms with E-state index in [0.29, 0.717) is 17.2 Å². The number of benzene rings is 2. The van der Waals surface area contributed by atoms with Crippen molar-refractivity contribution in [2.75, 3.05) is 11.4 Å². The number of carbonyl (C=O) groups is 2. The van der Waals surface area contributed by atoms with Crippen molar-refractivity contribution in [3.8, 4) is 16.9 Å². The van der Waals surface area contributed by atoms with Crippen LogP contribution in [-0.2, 0) is 15.0 Å². The Kier molecular flexibility index (Phi) is 7.53. The van der Waals surface area contributed by atoms with E-state index in [9.17, 15) is 31.5 Å². The van der Waals surface area contributed by atoms with Gasteiger partial charge >= 0.3 is 12.3 Å². The number of aryl methyl sites for hydroxylation is 1. The number of carboxylic acids is 1. The number of hydrogen-bond donors (Lipinski definition) is 1. The highest BCUT2D eigenvalue weighted by Gasteiger charge is 2.41. The van der Waals surface area contributed by atoms with Crippen molar-refractivity contribution in [1.82, 2.24) is 0 Å². The second-order valence-corrected chi connectivity index (χ2v) is 9.46. The van der Waals surface area contributed by atoms with Crippen LogP contribution in [0.5, 0.6) is 5.75 Å². The molecule has 1 aliphatic rings. The SMILES string of the molecule is C/C=C/C(F)(F)CN1C(=O)CC(C)(C)c2cc(C)c(-c3cc(/C=C/C(=O)O)ccc3OC(F)(F)F)cc21. The Labute approximate surface area is 210 Å². The minimum Gasteiger partial charge on any atom is -0.478 e. The van der Waals surface area contributed by atoms with E-state index >= 15 is 0 Å². The van der Waals surface area contributed by atoms with Crippen LogP contribution in [0.4, 0.5) is 27.6 Å². The van der Waals surface area contributed by atoms with Gasteiger partial charge in [0.25, 0.3) is 5.92 Å². The van der Waals surface area contributed by atoms with E-state index in [1.807, 2.05) is 0 Å². The molecule has 0 aliphatic carbocycles. The summed E-state index contributed by atoms with van der Waals surface area (Å²) in [7, 11) is 0. The van der Waals surface area contributed by atoms with E-state index in [2.05, 4.69) is 4.74 Å². The van der Waals surface area contributed by atoms with Gasteiger partial charge in [0.2, 0.25) is 5.91 Å². The Hall–Kier alpha value is -3.69. The van der Waals surface area contributed by atoms with Crippen LogP contribution in [0.3, 0.4) is 0 Å². The minimum atomic E-state index is -5.02. The monoisotopic (exact) mass is 523 g/mol. The molecule has 10 heteroatoms. The molecule has 0 saturated carbocycles. The van der Waals surface area contributed by atoms with Crippen LogP contribution >= 0.6 is 0 Å². The molecule has 0 atom stereocenters. The molecule has 5 nitrogen and oxygen atoms in total. The number of ether oxygens (including phenoxy) is 1. The van der Waals surface area contributed by atoms with Gasteiger partial charge in [0.1, 0.15) is 5.75 Å². The van der Waals surface area contributed by atoms with E-state index in [1.54, 1.807) is 26.8 Å². The number of nitrogens with zero attached hydrogens (tertiary/aromatic N) is 1. The first-order valence-corrected chi connectivity index (χ1v) is 11.3. The molecule has 0 spiro atoms. The molecule has 1 amide bonds. The highest BCUT2D eigenvalue weighted by atomic mass is 19.4. The lowest BCUT2D eigenvalue weighted by atomic mass is 9.75. The van der Waals surface area contributed by atoms with Gasteiger partial charge in [-0.05, 0) is 66.5 Å². The van der Waals surface area contributed by atoms with Crippen molar-refractivity contribution < 1.29 is 41.4 Å². The fraction of sp³-hybridized carbons (Fsp3) is 0.333. The number of carboxylic acid groups (broad SMARTS) is 1. The van der Waals surface area contributed by atoms with Crippen LogP contribution in [-0.4, -0.2) is 35.8 Å². The molecule has 0 bridgehead atoms. The second-order valence-electron chi connectivity index (χ2n) is 9.46. The Bertz CT molecular complexity index is 1280. The Morgan fingerprint density at radius 2 is 1.81 bits per heavy atom. The third-order valence-corrected chi connectivity index (χ3v) is 5.97. The first-order chi connectivity index (χ1) is 17.0. The van der Waals surface area contributed by atoms with Crippen LogP contribution in [0.25, 0.3) is 17.2 Å². The number of fused-ring (bicyclic) bond motifs is 1. The zero-order chi connectivity index (χ0) is 27.8. The average Bonchev–Trinajstić information content (AvgIpc) is 2.74. The molecule has 37 heavy (non-hydrogen) atoms. The molecule has 3 rings (SSSR count). The summed E-state index contributed by atoms with van der Waals surface area (Å²) in [6.45, 7) is 5.73. The lowest BCUT2D eigenvalue weighted by molar-refractivity contribution is -0.274. The normalized spacial score (nSPS) is 15.9. The number of hydrogen-bond acceptors (Lipinski definition) is 3. The summed E-state index contributed by atoms with van der Waals surface area (Å²) in [6.07, 6.45) is -1.15. The number of amides is 1. The third-order valence-electron chi connectivity index (χ3n) is 5.97. The van der Waals surface area contributed by atoms with Gasteiger partial charge in [0, 0.05) is 29.2 Å². The van der Waals surface area contributed by atoms with Gasteiger partial charge in [-0.1, -0.05) is 32.1 Å². The zero-order valence-corrected chi connectivity index (χ0v) is 20.6. The van der Waals surface area contributed by atoms with Crippen molar-refractivity contribution in [2.45, 2.75) is 51.8 Å². The van der Waals surface area contributed by atoms with E-state index in [0.717, 1.165) is 17.0 Å². The molecular weight excluding hydrogens is 497 g/mol. The molecular formula is C27H26F5NO4. The second kappa shape index (κ2) is 9.99. The standard InChI is InChI=1S/C27H26F5NO4/c1-5-10-26(28,29)15-33-21-13-18(16(2)11-20(21)25(3,4)14-23(33)34)19-12-17(7-9-24(35)36)6-8-22(19)37-27(30,31)32/h5-13H,14-15H2,1-4H3,(H,35,36)/b9-7+,10-5+. The van der Waals surface area contributed by atoms with Crippen molar-refractivity contribution in [1.29, 1.82) is 0 Å². The largest absolute Gasteiger partial charge is 0.573 e. The van der Waals surface area contributed by atoms with Gasteiger partial charge in [-0.25, -0.2) is 4.79 Å². The van der Waals surface area contributed by atoms with Crippen molar-refractivity contribution >= 4 is 23.6 Å². The molecule has 2 aromatic rings. The highest BCUT2D eigenvalue weighted by Crippen LogP contribution is 2.46. The topological polar surface area (TPSA) is 66.8 Å². The Morgan fingerprint density at radius 3 is 2.41 bits per heavy atom. The third kappa shape index (κ3) is 6.55. The first kappa shape index (κ1) is 27.9. The van der Waals surface area contributed by atoms with E-state index < -0.39 is 41.9 Å². The predicted octanol–water partition coefficient (Wildman–Crippen LogP) is 6.88. The highest BCUT2D eigenvalue weighted by molar-refractivity contribution is 5.99. The van der Waals surface area contributed by atoms with Crippen molar-refractivity contribution in [3.05, 3.63) is 65.3 Å². The van der Waals surface area contributed by atoms with E-state index in [1.165, 1.54) is 37.3 Å². The van der Waals surface area contributed by atoms with Gasteiger partial charge in [-0.3, -0.25) is 4.79 Å². The molecule has 0 unspecified atom stereocenters. The lowest BCUT2D eigenvalue weighted by Gasteiger charge is -2.40. The fourth-order valence-electron chi connectivity index (χ4n) is 4.38. The zero-order valence-electron chi connectivity index (χ0n) is 20.6. The summed E-state index contributed by atoms with van der Waals surface area (Å²) in [5, 5.41) is 8.92. The number of aliphatic carboxylic acids is 1. The van der Waals surface area contributed by atoms with Crippen LogP contribution < -0.4 is 9.64 Å². The number of anilines is 1. The number of carbonyl (C=O) groups excluding carboxylic acids is 1. The maximum absolute atomic E-state index is 14.5. The van der Waals surface area contributed by atoms with Gasteiger partial charge in [-0.2, -0.15) is 8.78 Å². The Balaban J connectivity index is 2.27. The summed E-state index contributed by atoms with van der Waals surface area (Å²) in [5.41, 5.74) is 1.03. The molecule has 1 heterocycles. The number of alkyl halides is 5. The van der Waals surface area contributed by atoms with Gasteiger partial charge in [0.15, 0.2) is 0 Å². The summed E-state index contributed by atoms with van der Waals surface area (Å²) < 4.78 is 72.9. The van der Waals surface area contributed by atoms with Crippen LogP contribution in [0.2, 0.25) is 0 Å². The van der Waals surface area contributed by atoms with E-state index in [4.69, 9.17) is 5.11 Å². The van der Waals surface area contributed by atoms with Gasteiger partial charge < -0.3 is 14.7 Å². The molecule has 0 fully saturated rings. The maximum atomic E-state index is 14.5. The summed E-state index contributed by atoms with van der Waals surface area (Å²) >= 11 is 0. The van der Waals surface area contributed by atoms with Crippen molar-refractivity contribution in [3.63, 3.8) is 0 Å². The molecule has 1 aliphatic heterocycles. The molecule has 2 aromatic carbocycles. The predicted molar refractivity (Wildman–Crippen MR) is 130 cm³/mol. The molecule has 0 radical (unpaired) electrons. The maximum Gasteiger partial charge on any atom is 0.573 e. The molecule has 198 valence electrons. The van der Waals surface area contributed by atoms with Crippen LogP contribution in [0.1, 0.15) is 43.9 Å². The number of allylic oxidation sites excluding steroid dienone is 1. The fourth-order valence-corrected chi connectivity index (χ4v) is 4.38. The number of rotatable bonds is 7.